The monoisotopic (exact) mass is 251 g/mol. The maximum atomic E-state index is 10.1. The molecule has 0 amide bonds. The van der Waals surface area contributed by atoms with E-state index < -0.39 is 0 Å². The van der Waals surface area contributed by atoms with Crippen LogP contribution in [0.25, 0.3) is 0 Å². The Morgan fingerprint density at radius 2 is 2.24 bits per heavy atom. The van der Waals surface area contributed by atoms with Crippen LogP contribution >= 0.6 is 11.3 Å². The lowest BCUT2D eigenvalue weighted by Crippen LogP contribution is -2.38. The highest BCUT2D eigenvalue weighted by molar-refractivity contribution is 7.09. The van der Waals surface area contributed by atoms with E-state index >= 15 is 0 Å². The van der Waals surface area contributed by atoms with Crippen molar-refractivity contribution in [2.45, 2.75) is 50.8 Å². The van der Waals surface area contributed by atoms with Crippen LogP contribution in [0.4, 0.5) is 0 Å². The number of aliphatic hydroxyl groups excluding tert-OH is 1. The van der Waals surface area contributed by atoms with E-state index in [4.69, 9.17) is 0 Å². The van der Waals surface area contributed by atoms with Crippen LogP contribution in [0.5, 0.6) is 0 Å². The number of aliphatic hydroxyl groups is 1. The van der Waals surface area contributed by atoms with Gasteiger partial charge in [0, 0.05) is 23.4 Å². The summed E-state index contributed by atoms with van der Waals surface area (Å²) < 4.78 is 0. The number of hydrogen-bond acceptors (Lipinski definition) is 3. The molecule has 17 heavy (non-hydrogen) atoms. The minimum absolute atomic E-state index is 0.0380. The molecule has 0 bridgehead atoms. The molecule has 1 aromatic rings. The second kappa shape index (κ2) is 5.09. The summed E-state index contributed by atoms with van der Waals surface area (Å²) in [7, 11) is 0. The molecule has 1 saturated heterocycles. The zero-order chi connectivity index (χ0) is 11.7. The second-order valence-electron chi connectivity index (χ2n) is 5.42. The molecule has 2 fully saturated rings. The molecule has 1 aromatic heterocycles. The van der Waals surface area contributed by atoms with Gasteiger partial charge in [0.1, 0.15) is 0 Å². The average molecular weight is 251 g/mol. The Morgan fingerprint density at radius 1 is 1.29 bits per heavy atom. The van der Waals surface area contributed by atoms with Crippen molar-refractivity contribution in [2.75, 3.05) is 6.54 Å². The number of hydrogen-bond donors (Lipinski definition) is 1. The van der Waals surface area contributed by atoms with E-state index in [2.05, 4.69) is 22.4 Å². The smallest absolute Gasteiger partial charge is 0.0583 e. The van der Waals surface area contributed by atoms with Gasteiger partial charge in [0.15, 0.2) is 0 Å². The first kappa shape index (κ1) is 11.7. The van der Waals surface area contributed by atoms with Gasteiger partial charge in [-0.15, -0.1) is 11.3 Å². The lowest BCUT2D eigenvalue weighted by Gasteiger charge is -2.30. The molecule has 0 spiro atoms. The van der Waals surface area contributed by atoms with Crippen molar-refractivity contribution in [1.82, 2.24) is 4.90 Å². The lowest BCUT2D eigenvalue weighted by molar-refractivity contribution is 0.0722. The van der Waals surface area contributed by atoms with E-state index in [1.807, 2.05) is 11.3 Å². The Labute approximate surface area is 107 Å². The summed E-state index contributed by atoms with van der Waals surface area (Å²) in [5, 5.41) is 12.2. The van der Waals surface area contributed by atoms with Crippen LogP contribution in [0.15, 0.2) is 17.5 Å². The maximum absolute atomic E-state index is 10.1. The highest BCUT2D eigenvalue weighted by Crippen LogP contribution is 2.36. The Hall–Kier alpha value is -0.380. The highest BCUT2D eigenvalue weighted by atomic mass is 32.1. The molecule has 3 rings (SSSR count). The van der Waals surface area contributed by atoms with Crippen molar-refractivity contribution < 1.29 is 5.11 Å². The fourth-order valence-corrected chi connectivity index (χ4v) is 4.28. The van der Waals surface area contributed by atoms with Crippen LogP contribution in [-0.4, -0.2) is 28.7 Å². The van der Waals surface area contributed by atoms with Crippen LogP contribution in [0.1, 0.15) is 37.0 Å². The van der Waals surface area contributed by atoms with Crippen molar-refractivity contribution in [3.63, 3.8) is 0 Å². The van der Waals surface area contributed by atoms with Crippen LogP contribution in [-0.2, 0) is 6.54 Å². The first-order chi connectivity index (χ1) is 8.34. The summed E-state index contributed by atoms with van der Waals surface area (Å²) in [5.41, 5.74) is 0. The quantitative estimate of drug-likeness (QED) is 0.893. The minimum Gasteiger partial charge on any atom is -0.393 e. The third kappa shape index (κ3) is 2.42. The van der Waals surface area contributed by atoms with E-state index in [1.165, 1.54) is 37.1 Å². The molecule has 2 nitrogen and oxygen atoms in total. The Balaban J connectivity index is 1.67. The summed E-state index contributed by atoms with van der Waals surface area (Å²) in [5.74, 6) is 0.539. The van der Waals surface area contributed by atoms with E-state index in [-0.39, 0.29) is 6.10 Å². The van der Waals surface area contributed by atoms with Crippen molar-refractivity contribution >= 4 is 11.3 Å². The Bertz CT molecular complexity index is 351. The molecule has 0 aromatic carbocycles. The molecule has 1 saturated carbocycles. The van der Waals surface area contributed by atoms with Gasteiger partial charge in [-0.3, -0.25) is 4.90 Å². The SMILES string of the molecule is OC1CCCC1C1CCCN1Cc1cccs1. The predicted molar refractivity (Wildman–Crippen MR) is 71.1 cm³/mol. The predicted octanol–water partition coefficient (Wildman–Crippen LogP) is 2.87. The molecule has 1 aliphatic heterocycles. The molecule has 3 heteroatoms. The van der Waals surface area contributed by atoms with Crippen molar-refractivity contribution in [1.29, 1.82) is 0 Å². The maximum Gasteiger partial charge on any atom is 0.0583 e. The average Bonchev–Trinajstić information content (AvgIpc) is 3.00. The summed E-state index contributed by atoms with van der Waals surface area (Å²) >= 11 is 1.85. The largest absolute Gasteiger partial charge is 0.393 e. The van der Waals surface area contributed by atoms with Crippen molar-refractivity contribution in [3.8, 4) is 0 Å². The highest BCUT2D eigenvalue weighted by Gasteiger charge is 2.37. The Kier molecular flexibility index (Phi) is 3.50. The zero-order valence-corrected chi connectivity index (χ0v) is 11.0. The van der Waals surface area contributed by atoms with Crippen LogP contribution in [0.3, 0.4) is 0 Å². The van der Waals surface area contributed by atoms with Crippen LogP contribution < -0.4 is 0 Å². The standard InChI is InChI=1S/C14H21NOS/c16-14-7-1-5-12(14)13-6-2-8-15(13)10-11-4-3-9-17-11/h3-4,9,12-14,16H,1-2,5-8,10H2. The van der Waals surface area contributed by atoms with Gasteiger partial charge in [0.05, 0.1) is 6.10 Å². The number of rotatable bonds is 3. The third-order valence-electron chi connectivity index (χ3n) is 4.38. The third-order valence-corrected chi connectivity index (χ3v) is 5.24. The fraction of sp³-hybridized carbons (Fsp3) is 0.714. The van der Waals surface area contributed by atoms with Gasteiger partial charge in [0.2, 0.25) is 0 Å². The van der Waals surface area contributed by atoms with E-state index in [0.29, 0.717) is 12.0 Å². The summed E-state index contributed by atoms with van der Waals surface area (Å²) in [6, 6.07) is 5.00. The van der Waals surface area contributed by atoms with Crippen LogP contribution in [0.2, 0.25) is 0 Å². The molecule has 3 atom stereocenters. The molecule has 2 aliphatic rings. The molecule has 2 heterocycles. The number of likely N-dealkylation sites (tertiary alicyclic amines) is 1. The van der Waals surface area contributed by atoms with Crippen molar-refractivity contribution in [2.24, 2.45) is 5.92 Å². The minimum atomic E-state index is -0.0380. The fourth-order valence-electron chi connectivity index (χ4n) is 3.55. The van der Waals surface area contributed by atoms with E-state index in [0.717, 1.165) is 13.0 Å². The molecule has 0 radical (unpaired) electrons. The second-order valence-corrected chi connectivity index (χ2v) is 6.45. The van der Waals surface area contributed by atoms with Gasteiger partial charge in [-0.25, -0.2) is 0 Å². The summed E-state index contributed by atoms with van der Waals surface area (Å²) in [6.45, 7) is 2.30. The van der Waals surface area contributed by atoms with E-state index in [9.17, 15) is 5.11 Å². The normalized spacial score (nSPS) is 34.5. The van der Waals surface area contributed by atoms with Crippen molar-refractivity contribution in [3.05, 3.63) is 22.4 Å². The lowest BCUT2D eigenvalue weighted by atomic mass is 9.94. The van der Waals surface area contributed by atoms with Crippen LogP contribution in [0, 0.1) is 5.92 Å². The Morgan fingerprint density at radius 3 is 2.94 bits per heavy atom. The van der Waals surface area contributed by atoms with Gasteiger partial charge < -0.3 is 5.11 Å². The summed E-state index contributed by atoms with van der Waals surface area (Å²) in [4.78, 5) is 4.06. The molecule has 94 valence electrons. The van der Waals surface area contributed by atoms with Gasteiger partial charge in [-0.05, 0) is 43.7 Å². The van der Waals surface area contributed by atoms with Gasteiger partial charge in [-0.2, -0.15) is 0 Å². The molecule has 3 unspecified atom stereocenters. The first-order valence-corrected chi connectivity index (χ1v) is 7.67. The first-order valence-electron chi connectivity index (χ1n) is 6.79. The van der Waals surface area contributed by atoms with Gasteiger partial charge in [-0.1, -0.05) is 12.5 Å². The van der Waals surface area contributed by atoms with Gasteiger partial charge in [0.25, 0.3) is 0 Å². The topological polar surface area (TPSA) is 23.5 Å². The number of thiophene rings is 1. The van der Waals surface area contributed by atoms with Gasteiger partial charge >= 0.3 is 0 Å². The van der Waals surface area contributed by atoms with E-state index in [1.54, 1.807) is 0 Å². The summed E-state index contributed by atoms with van der Waals surface area (Å²) in [6.07, 6.45) is 6.02. The molecular weight excluding hydrogens is 230 g/mol. The zero-order valence-electron chi connectivity index (χ0n) is 10.2. The molecule has 1 aliphatic carbocycles. The molecule has 1 N–H and O–H groups in total. The number of nitrogens with zero attached hydrogens (tertiary/aromatic N) is 1. The molecular formula is C14H21NOS.